The van der Waals surface area contributed by atoms with Gasteiger partial charge in [-0.15, -0.1) is 13.2 Å². The summed E-state index contributed by atoms with van der Waals surface area (Å²) in [5.74, 6) is -2.30. The second kappa shape index (κ2) is 8.99. The first-order valence-electron chi connectivity index (χ1n) is 10.9. The lowest BCUT2D eigenvalue weighted by Crippen LogP contribution is -2.46. The van der Waals surface area contributed by atoms with E-state index in [1.54, 1.807) is 0 Å². The highest BCUT2D eigenvalue weighted by Gasteiger charge is 2.36. The minimum atomic E-state index is -4.83. The molecule has 9 nitrogen and oxygen atoms in total. The highest BCUT2D eigenvalue weighted by atomic mass is 19.4. The van der Waals surface area contributed by atoms with Crippen LogP contribution in [0.2, 0.25) is 0 Å². The molecule has 2 aliphatic rings. The first-order chi connectivity index (χ1) is 16.0. The van der Waals surface area contributed by atoms with E-state index in [9.17, 15) is 27.6 Å². The molecular formula is C22H24F3N5O4. The fourth-order valence-electron chi connectivity index (χ4n) is 4.51. The first kappa shape index (κ1) is 23.6. The standard InChI is InChI=1S/C22H24F3N5O4/c1-11-4-3-5-12(2)30(11)21-28-18-17(20(33)29-21)15(10-16(31)27-18)19(32)26-13-6-8-14(9-7-13)34-22(23,24)25/h6-9,11-12,15H,3-5,10H2,1-2H3,(H,26,32)(H2,27,28,29,31,33)/t11-,12-,15-/m0/s1. The molecule has 2 amide bonds. The maximum atomic E-state index is 13.0. The fraction of sp³-hybridized carbons (Fsp3) is 0.455. The van der Waals surface area contributed by atoms with Crippen LogP contribution in [0.4, 0.5) is 30.6 Å². The van der Waals surface area contributed by atoms with Gasteiger partial charge in [0.1, 0.15) is 11.6 Å². The van der Waals surface area contributed by atoms with Crippen molar-refractivity contribution in [1.29, 1.82) is 0 Å². The normalized spacial score (nSPS) is 22.6. The molecule has 1 fully saturated rings. The van der Waals surface area contributed by atoms with Crippen molar-refractivity contribution in [3.63, 3.8) is 0 Å². The molecule has 182 valence electrons. The van der Waals surface area contributed by atoms with Gasteiger partial charge in [-0.1, -0.05) is 0 Å². The van der Waals surface area contributed by atoms with Gasteiger partial charge in [-0.05, 0) is 57.4 Å². The highest BCUT2D eigenvalue weighted by Crippen LogP contribution is 2.33. The Balaban J connectivity index is 1.58. The number of carbonyl (C=O) groups excluding carboxylic acids is 2. The summed E-state index contributed by atoms with van der Waals surface area (Å²) in [5.41, 5.74) is -0.307. The van der Waals surface area contributed by atoms with Crippen LogP contribution in [0.15, 0.2) is 29.1 Å². The number of carbonyl (C=O) groups is 2. The van der Waals surface area contributed by atoms with Crippen molar-refractivity contribution in [2.45, 2.75) is 63.9 Å². The van der Waals surface area contributed by atoms with E-state index in [4.69, 9.17) is 0 Å². The molecule has 3 N–H and O–H groups in total. The van der Waals surface area contributed by atoms with Gasteiger partial charge in [0.15, 0.2) is 0 Å². The van der Waals surface area contributed by atoms with Crippen molar-refractivity contribution in [2.24, 2.45) is 0 Å². The van der Waals surface area contributed by atoms with Crippen LogP contribution in [0, 0.1) is 0 Å². The minimum absolute atomic E-state index is 0.0362. The summed E-state index contributed by atoms with van der Waals surface area (Å²) in [6, 6.07) is 4.85. The summed E-state index contributed by atoms with van der Waals surface area (Å²) in [5, 5.41) is 5.12. The number of H-pyrrole nitrogens is 1. The molecular weight excluding hydrogens is 455 g/mol. The van der Waals surface area contributed by atoms with E-state index in [2.05, 4.69) is 25.3 Å². The van der Waals surface area contributed by atoms with Gasteiger partial charge in [-0.2, -0.15) is 4.98 Å². The summed E-state index contributed by atoms with van der Waals surface area (Å²) in [7, 11) is 0. The van der Waals surface area contributed by atoms with Gasteiger partial charge >= 0.3 is 6.36 Å². The van der Waals surface area contributed by atoms with E-state index in [1.807, 2.05) is 18.7 Å². The molecule has 1 aromatic heterocycles. The molecule has 0 spiro atoms. The molecule has 2 aliphatic heterocycles. The second-order valence-corrected chi connectivity index (χ2v) is 8.55. The lowest BCUT2D eigenvalue weighted by molar-refractivity contribution is -0.274. The second-order valence-electron chi connectivity index (χ2n) is 8.55. The van der Waals surface area contributed by atoms with E-state index < -0.39 is 35.4 Å². The number of nitrogens with one attached hydrogen (secondary N) is 3. The minimum Gasteiger partial charge on any atom is -0.406 e. The number of amides is 2. The van der Waals surface area contributed by atoms with Crippen molar-refractivity contribution < 1.29 is 27.5 Å². The Hall–Kier alpha value is -3.57. The number of anilines is 3. The maximum Gasteiger partial charge on any atom is 0.573 e. The molecule has 12 heteroatoms. The largest absolute Gasteiger partial charge is 0.573 e. The van der Waals surface area contributed by atoms with E-state index in [0.717, 1.165) is 31.4 Å². The topological polar surface area (TPSA) is 116 Å². The maximum absolute atomic E-state index is 13.0. The summed E-state index contributed by atoms with van der Waals surface area (Å²) >= 11 is 0. The average molecular weight is 479 g/mol. The van der Waals surface area contributed by atoms with Crippen LogP contribution in [-0.4, -0.2) is 40.2 Å². The van der Waals surface area contributed by atoms with Crippen LogP contribution < -0.4 is 25.8 Å². The number of aromatic nitrogens is 2. The SMILES string of the molecule is C[C@H]1CCC[C@H](C)N1c1nc2c(c(=O)[nH]1)[C@@H](C(=O)Nc1ccc(OC(F)(F)F)cc1)CC(=O)N2. The van der Waals surface area contributed by atoms with E-state index in [0.29, 0.717) is 5.95 Å². The number of piperidine rings is 1. The number of hydrogen-bond donors (Lipinski definition) is 3. The zero-order valence-corrected chi connectivity index (χ0v) is 18.5. The Morgan fingerprint density at radius 3 is 2.41 bits per heavy atom. The van der Waals surface area contributed by atoms with Crippen molar-refractivity contribution in [2.75, 3.05) is 15.5 Å². The lowest BCUT2D eigenvalue weighted by Gasteiger charge is -2.39. The molecule has 0 radical (unpaired) electrons. The quantitative estimate of drug-likeness (QED) is 0.618. The van der Waals surface area contributed by atoms with Crippen molar-refractivity contribution in [1.82, 2.24) is 9.97 Å². The number of aromatic amines is 1. The smallest absolute Gasteiger partial charge is 0.406 e. The summed E-state index contributed by atoms with van der Waals surface area (Å²) in [6.45, 7) is 4.07. The number of alkyl halides is 3. The zero-order chi connectivity index (χ0) is 24.6. The van der Waals surface area contributed by atoms with Crippen LogP contribution in [0.5, 0.6) is 5.75 Å². The Morgan fingerprint density at radius 2 is 1.79 bits per heavy atom. The van der Waals surface area contributed by atoms with E-state index in [-0.39, 0.29) is 35.6 Å². The number of nitrogens with zero attached hydrogens (tertiary/aromatic N) is 2. The summed E-state index contributed by atoms with van der Waals surface area (Å²) < 4.78 is 40.8. The van der Waals surface area contributed by atoms with E-state index >= 15 is 0 Å². The third-order valence-corrected chi connectivity index (χ3v) is 6.05. The Kier molecular flexibility index (Phi) is 6.24. The molecule has 3 atom stereocenters. The molecule has 0 bridgehead atoms. The molecule has 4 rings (SSSR count). The molecule has 1 aromatic carbocycles. The zero-order valence-electron chi connectivity index (χ0n) is 18.5. The number of fused-ring (bicyclic) bond motifs is 1. The van der Waals surface area contributed by atoms with Crippen molar-refractivity contribution >= 4 is 29.3 Å². The Labute approximate surface area is 192 Å². The molecule has 0 unspecified atom stereocenters. The molecule has 3 heterocycles. The van der Waals surface area contributed by atoms with Gasteiger partial charge in [0.2, 0.25) is 17.8 Å². The molecule has 0 saturated carbocycles. The number of hydrogen-bond acceptors (Lipinski definition) is 6. The van der Waals surface area contributed by atoms with Crippen LogP contribution in [0.25, 0.3) is 0 Å². The van der Waals surface area contributed by atoms with Gasteiger partial charge in [0.25, 0.3) is 5.56 Å². The predicted molar refractivity (Wildman–Crippen MR) is 118 cm³/mol. The van der Waals surface area contributed by atoms with Crippen LogP contribution in [-0.2, 0) is 9.59 Å². The van der Waals surface area contributed by atoms with Gasteiger partial charge in [0, 0.05) is 24.2 Å². The van der Waals surface area contributed by atoms with Gasteiger partial charge < -0.3 is 20.3 Å². The van der Waals surface area contributed by atoms with Gasteiger partial charge in [-0.25, -0.2) is 0 Å². The Morgan fingerprint density at radius 1 is 1.15 bits per heavy atom. The predicted octanol–water partition coefficient (Wildman–Crippen LogP) is 3.50. The summed E-state index contributed by atoms with van der Waals surface area (Å²) in [4.78, 5) is 47.5. The van der Waals surface area contributed by atoms with Gasteiger partial charge in [0.05, 0.1) is 11.5 Å². The lowest BCUT2D eigenvalue weighted by atomic mass is 9.92. The number of rotatable bonds is 4. The highest BCUT2D eigenvalue weighted by molar-refractivity contribution is 6.04. The molecule has 1 saturated heterocycles. The fourth-order valence-corrected chi connectivity index (χ4v) is 4.51. The van der Waals surface area contributed by atoms with Crippen LogP contribution in [0.1, 0.15) is 51.0 Å². The number of ether oxygens (including phenoxy) is 1. The Bertz CT molecular complexity index is 1140. The van der Waals surface area contributed by atoms with Crippen LogP contribution >= 0.6 is 0 Å². The number of halogens is 3. The number of benzene rings is 1. The molecule has 2 aromatic rings. The van der Waals surface area contributed by atoms with E-state index in [1.165, 1.54) is 12.1 Å². The third kappa shape index (κ3) is 5.00. The third-order valence-electron chi connectivity index (χ3n) is 6.05. The van der Waals surface area contributed by atoms with Gasteiger partial charge in [-0.3, -0.25) is 19.4 Å². The monoisotopic (exact) mass is 479 g/mol. The van der Waals surface area contributed by atoms with Crippen molar-refractivity contribution in [3.8, 4) is 5.75 Å². The van der Waals surface area contributed by atoms with Crippen LogP contribution in [0.3, 0.4) is 0 Å². The molecule has 34 heavy (non-hydrogen) atoms. The summed E-state index contributed by atoms with van der Waals surface area (Å²) in [6.07, 6.45) is -2.16. The van der Waals surface area contributed by atoms with Crippen molar-refractivity contribution in [3.05, 3.63) is 40.2 Å². The molecule has 0 aliphatic carbocycles. The average Bonchev–Trinajstić information content (AvgIpc) is 2.73. The first-order valence-corrected chi connectivity index (χ1v) is 10.9.